The third-order valence-corrected chi connectivity index (χ3v) is 8.70. The molecule has 2 heterocycles. The molecule has 0 saturated carbocycles. The molecule has 3 heteroatoms. The number of hydrogen-bond donors (Lipinski definition) is 0. The van der Waals surface area contributed by atoms with Crippen LogP contribution in [0.2, 0.25) is 0 Å². The topological polar surface area (TPSA) is 25.8 Å². The monoisotopic (exact) mass is 506 g/mol. The maximum atomic E-state index is 5.02. The highest BCUT2D eigenvalue weighted by molar-refractivity contribution is 7.99. The van der Waals surface area contributed by atoms with Crippen molar-refractivity contribution < 1.29 is 0 Å². The van der Waals surface area contributed by atoms with Gasteiger partial charge < -0.3 is 0 Å². The molecule has 0 aliphatic carbocycles. The van der Waals surface area contributed by atoms with Crippen LogP contribution in [0.15, 0.2) is 131 Å². The van der Waals surface area contributed by atoms with E-state index in [0.717, 1.165) is 33.5 Å². The molecule has 2 nitrogen and oxygen atoms in total. The van der Waals surface area contributed by atoms with Gasteiger partial charge in [0.15, 0.2) is 5.82 Å². The lowest BCUT2D eigenvalue weighted by Gasteiger charge is -2.34. The van der Waals surface area contributed by atoms with Gasteiger partial charge in [-0.1, -0.05) is 129 Å². The van der Waals surface area contributed by atoms with Gasteiger partial charge in [0.05, 0.1) is 11.2 Å². The van der Waals surface area contributed by atoms with Gasteiger partial charge in [0.2, 0.25) is 0 Å². The Bertz CT molecular complexity index is 1800. The number of nitrogens with zero attached hydrogens (tertiary/aromatic N) is 2. The lowest BCUT2D eigenvalue weighted by Crippen LogP contribution is -2.23. The maximum absolute atomic E-state index is 5.02. The van der Waals surface area contributed by atoms with Crippen LogP contribution in [0.1, 0.15) is 25.0 Å². The van der Waals surface area contributed by atoms with Gasteiger partial charge in [-0.3, -0.25) is 0 Å². The minimum absolute atomic E-state index is 0.00983. The van der Waals surface area contributed by atoms with Crippen LogP contribution >= 0.6 is 11.8 Å². The quantitative estimate of drug-likeness (QED) is 0.239. The van der Waals surface area contributed by atoms with Crippen molar-refractivity contribution in [2.75, 3.05) is 0 Å². The zero-order chi connectivity index (χ0) is 25.7. The molecule has 0 spiro atoms. The molecule has 1 aromatic heterocycles. The molecule has 0 radical (unpaired) electrons. The largest absolute Gasteiger partial charge is 0.228 e. The van der Waals surface area contributed by atoms with E-state index in [1.165, 1.54) is 32.0 Å². The van der Waals surface area contributed by atoms with Crippen molar-refractivity contribution in [2.45, 2.75) is 29.1 Å². The summed E-state index contributed by atoms with van der Waals surface area (Å²) in [5.74, 6) is 0.748. The highest BCUT2D eigenvalue weighted by Crippen LogP contribution is 2.49. The van der Waals surface area contributed by atoms with Crippen molar-refractivity contribution in [3.8, 4) is 33.8 Å². The lowest BCUT2D eigenvalue weighted by molar-refractivity contribution is 0.607. The van der Waals surface area contributed by atoms with E-state index in [1.807, 2.05) is 36.0 Å². The Labute approximate surface area is 227 Å². The number of rotatable bonds is 3. The molecule has 1 aliphatic heterocycles. The molecule has 0 atom stereocenters. The van der Waals surface area contributed by atoms with Gasteiger partial charge in [-0.15, -0.1) is 0 Å². The fourth-order valence-electron chi connectivity index (χ4n) is 5.47. The van der Waals surface area contributed by atoms with Crippen LogP contribution in [0, 0.1) is 0 Å². The first-order valence-electron chi connectivity index (χ1n) is 12.9. The van der Waals surface area contributed by atoms with Crippen molar-refractivity contribution in [3.05, 3.63) is 132 Å². The number of aromatic nitrogens is 2. The fraction of sp³-hybridized carbons (Fsp3) is 0.0857. The van der Waals surface area contributed by atoms with Crippen molar-refractivity contribution in [3.63, 3.8) is 0 Å². The minimum Gasteiger partial charge on any atom is -0.228 e. The smallest absolute Gasteiger partial charge is 0.160 e. The van der Waals surface area contributed by atoms with E-state index in [4.69, 9.17) is 9.97 Å². The summed E-state index contributed by atoms with van der Waals surface area (Å²) in [5.41, 5.74) is 9.24. The van der Waals surface area contributed by atoms with Crippen molar-refractivity contribution in [1.82, 2.24) is 9.97 Å². The highest BCUT2D eigenvalue weighted by atomic mass is 32.2. The first kappa shape index (κ1) is 22.9. The molecule has 0 fully saturated rings. The molecule has 0 amide bonds. The summed E-state index contributed by atoms with van der Waals surface area (Å²) in [4.78, 5) is 12.6. The Hall–Kier alpha value is -4.21. The molecule has 38 heavy (non-hydrogen) atoms. The predicted molar refractivity (Wildman–Crippen MR) is 159 cm³/mol. The Morgan fingerprint density at radius 2 is 1.18 bits per heavy atom. The zero-order valence-electron chi connectivity index (χ0n) is 21.3. The van der Waals surface area contributed by atoms with Crippen LogP contribution in [0.5, 0.6) is 0 Å². The molecule has 0 N–H and O–H groups in total. The van der Waals surface area contributed by atoms with Gasteiger partial charge in [0.1, 0.15) is 0 Å². The van der Waals surface area contributed by atoms with Crippen LogP contribution < -0.4 is 0 Å². The summed E-state index contributed by atoms with van der Waals surface area (Å²) < 4.78 is 0. The predicted octanol–water partition coefficient (Wildman–Crippen LogP) is 9.42. The second kappa shape index (κ2) is 8.97. The Morgan fingerprint density at radius 3 is 2.03 bits per heavy atom. The van der Waals surface area contributed by atoms with Gasteiger partial charge in [-0.25, -0.2) is 9.97 Å². The van der Waals surface area contributed by atoms with Gasteiger partial charge in [-0.05, 0) is 40.5 Å². The molecular formula is C35H26N2S. The molecule has 0 bridgehead atoms. The number of para-hydroxylation sites is 1. The first-order chi connectivity index (χ1) is 18.6. The van der Waals surface area contributed by atoms with E-state index in [-0.39, 0.29) is 5.41 Å². The van der Waals surface area contributed by atoms with Crippen LogP contribution in [0.25, 0.3) is 44.7 Å². The van der Waals surface area contributed by atoms with Crippen molar-refractivity contribution in [2.24, 2.45) is 0 Å². The number of benzene rings is 5. The fourth-order valence-corrected chi connectivity index (χ4v) is 6.91. The zero-order valence-corrected chi connectivity index (χ0v) is 22.2. The van der Waals surface area contributed by atoms with E-state index in [2.05, 4.69) is 111 Å². The third kappa shape index (κ3) is 3.82. The minimum atomic E-state index is -0.00983. The third-order valence-electron chi connectivity index (χ3n) is 7.56. The molecule has 0 saturated heterocycles. The lowest BCUT2D eigenvalue weighted by atomic mass is 9.77. The maximum Gasteiger partial charge on any atom is 0.160 e. The SMILES string of the molecule is CC1(C)c2ccccc2Sc2cc(-c3ccc(-c4nc(-c5ccccc5)nc5ccccc45)cc3)ccc21. The van der Waals surface area contributed by atoms with Gasteiger partial charge >= 0.3 is 0 Å². The Balaban J connectivity index is 1.28. The summed E-state index contributed by atoms with van der Waals surface area (Å²) in [5, 5.41) is 1.06. The van der Waals surface area contributed by atoms with E-state index in [0.29, 0.717) is 0 Å². The number of hydrogen-bond acceptors (Lipinski definition) is 3. The van der Waals surface area contributed by atoms with Gasteiger partial charge in [-0.2, -0.15) is 0 Å². The second-order valence-electron chi connectivity index (χ2n) is 10.3. The summed E-state index contributed by atoms with van der Waals surface area (Å²) in [6, 6.07) is 42.9. The Kier molecular flexibility index (Phi) is 5.41. The van der Waals surface area contributed by atoms with Crippen LogP contribution in [0.3, 0.4) is 0 Å². The van der Waals surface area contributed by atoms with Crippen LogP contribution in [-0.2, 0) is 5.41 Å². The highest BCUT2D eigenvalue weighted by Gasteiger charge is 2.32. The van der Waals surface area contributed by atoms with E-state index < -0.39 is 0 Å². The average molecular weight is 507 g/mol. The standard InChI is InChI=1S/C35H26N2S/c1-35(2)28-13-7-9-15-31(28)38-32-22-26(20-21-29(32)35)23-16-18-24(19-17-23)33-27-12-6-8-14-30(27)36-34(37-33)25-10-4-3-5-11-25/h3-22H,1-2H3. The molecular weight excluding hydrogens is 480 g/mol. The Morgan fingerprint density at radius 1 is 0.526 bits per heavy atom. The summed E-state index contributed by atoms with van der Waals surface area (Å²) in [7, 11) is 0. The molecule has 0 unspecified atom stereocenters. The molecule has 182 valence electrons. The van der Waals surface area contributed by atoms with Crippen LogP contribution in [-0.4, -0.2) is 9.97 Å². The van der Waals surface area contributed by atoms with Crippen molar-refractivity contribution >= 4 is 22.7 Å². The average Bonchev–Trinajstić information content (AvgIpc) is 2.97. The second-order valence-corrected chi connectivity index (χ2v) is 11.4. The molecule has 7 rings (SSSR count). The van der Waals surface area contributed by atoms with Gasteiger partial charge in [0, 0.05) is 31.7 Å². The summed E-state index contributed by atoms with van der Waals surface area (Å²) >= 11 is 1.88. The molecule has 1 aliphatic rings. The number of fused-ring (bicyclic) bond motifs is 3. The van der Waals surface area contributed by atoms with Crippen LogP contribution in [0.4, 0.5) is 0 Å². The van der Waals surface area contributed by atoms with E-state index in [1.54, 1.807) is 0 Å². The first-order valence-corrected chi connectivity index (χ1v) is 13.7. The van der Waals surface area contributed by atoms with E-state index >= 15 is 0 Å². The van der Waals surface area contributed by atoms with Gasteiger partial charge in [0.25, 0.3) is 0 Å². The molecule has 6 aromatic rings. The summed E-state index contributed by atoms with van der Waals surface area (Å²) in [6.07, 6.45) is 0. The molecule has 5 aromatic carbocycles. The van der Waals surface area contributed by atoms with Crippen molar-refractivity contribution in [1.29, 1.82) is 0 Å². The normalized spacial score (nSPS) is 13.6. The summed E-state index contributed by atoms with van der Waals surface area (Å²) in [6.45, 7) is 4.66. The van der Waals surface area contributed by atoms with E-state index in [9.17, 15) is 0 Å².